The summed E-state index contributed by atoms with van der Waals surface area (Å²) in [7, 11) is 0. The third kappa shape index (κ3) is 4.38. The lowest BCUT2D eigenvalue weighted by Crippen LogP contribution is -2.35. The predicted octanol–water partition coefficient (Wildman–Crippen LogP) is 1.68. The van der Waals surface area contributed by atoms with E-state index in [-0.39, 0.29) is 42.7 Å². The largest absolute Gasteiger partial charge is 0.452 e. The van der Waals surface area contributed by atoms with Gasteiger partial charge in [0, 0.05) is 18.7 Å². The van der Waals surface area contributed by atoms with Gasteiger partial charge in [0.25, 0.3) is 5.91 Å². The Morgan fingerprint density at radius 2 is 1.79 bits per heavy atom. The molecule has 9 heteroatoms. The molecular formula is C20H26N4O5. The van der Waals surface area contributed by atoms with Crippen molar-refractivity contribution in [2.45, 2.75) is 52.2 Å². The van der Waals surface area contributed by atoms with Crippen LogP contribution in [0.2, 0.25) is 0 Å². The molecule has 0 spiro atoms. The summed E-state index contributed by atoms with van der Waals surface area (Å²) < 4.78 is 6.81. The molecule has 0 saturated carbocycles. The number of rotatable bonds is 7. The van der Waals surface area contributed by atoms with Crippen molar-refractivity contribution in [2.75, 3.05) is 11.9 Å². The van der Waals surface area contributed by atoms with Gasteiger partial charge in [-0.3, -0.25) is 24.1 Å². The van der Waals surface area contributed by atoms with E-state index in [9.17, 15) is 19.2 Å². The number of hydrogen-bond acceptors (Lipinski definition) is 6. The van der Waals surface area contributed by atoms with E-state index in [1.54, 1.807) is 16.9 Å². The van der Waals surface area contributed by atoms with E-state index in [1.165, 1.54) is 6.92 Å². The van der Waals surface area contributed by atoms with Gasteiger partial charge < -0.3 is 10.1 Å². The fourth-order valence-electron chi connectivity index (χ4n) is 3.65. The molecule has 2 heterocycles. The normalized spacial score (nSPS) is 22.0. The molecular weight excluding hydrogens is 376 g/mol. The summed E-state index contributed by atoms with van der Waals surface area (Å²) in [5.74, 6) is -1.71. The lowest BCUT2D eigenvalue weighted by atomic mass is 9.85. The van der Waals surface area contributed by atoms with Crippen LogP contribution in [-0.2, 0) is 23.9 Å². The molecule has 3 amide bonds. The maximum absolute atomic E-state index is 12.4. The molecule has 1 aromatic heterocycles. The van der Waals surface area contributed by atoms with Crippen molar-refractivity contribution in [1.82, 2.24) is 14.7 Å². The van der Waals surface area contributed by atoms with Crippen LogP contribution in [0.4, 0.5) is 5.82 Å². The van der Waals surface area contributed by atoms with Crippen LogP contribution in [0.25, 0.3) is 0 Å². The molecule has 3 rings (SSSR count). The van der Waals surface area contributed by atoms with Crippen LogP contribution in [0.15, 0.2) is 24.4 Å². The fraction of sp³-hybridized carbons (Fsp3) is 0.550. The number of allylic oxidation sites excluding steroid dienone is 2. The number of carbonyl (C=O) groups is 4. The number of amides is 3. The summed E-state index contributed by atoms with van der Waals surface area (Å²) in [5.41, 5.74) is 0. The molecule has 0 bridgehead atoms. The van der Waals surface area contributed by atoms with Gasteiger partial charge in [-0.05, 0) is 33.6 Å². The zero-order valence-electron chi connectivity index (χ0n) is 16.8. The maximum Gasteiger partial charge on any atom is 0.308 e. The van der Waals surface area contributed by atoms with Crippen LogP contribution in [0, 0.1) is 11.8 Å². The zero-order chi connectivity index (χ0) is 21.1. The highest BCUT2D eigenvalue weighted by Gasteiger charge is 2.47. The topological polar surface area (TPSA) is 111 Å². The van der Waals surface area contributed by atoms with Crippen molar-refractivity contribution in [3.05, 3.63) is 24.4 Å². The van der Waals surface area contributed by atoms with Crippen molar-refractivity contribution < 1.29 is 23.9 Å². The average Bonchev–Trinajstić information content (AvgIpc) is 3.24. The highest BCUT2D eigenvalue weighted by Crippen LogP contribution is 2.35. The SMILES string of the molecule is CC(C)n1nccc1NC(=O)[C@H](C)OC(=O)CCN1C(=O)[C@H]2CC=CC[C@@H]2C1=O. The highest BCUT2D eigenvalue weighted by molar-refractivity contribution is 6.05. The van der Waals surface area contributed by atoms with Gasteiger partial charge in [0.1, 0.15) is 5.82 Å². The number of nitrogens with zero attached hydrogens (tertiary/aromatic N) is 3. The number of likely N-dealkylation sites (tertiary alicyclic amines) is 1. The summed E-state index contributed by atoms with van der Waals surface area (Å²) >= 11 is 0. The van der Waals surface area contributed by atoms with Crippen LogP contribution in [-0.4, -0.2) is 51.0 Å². The lowest BCUT2D eigenvalue weighted by molar-refractivity contribution is -0.154. The van der Waals surface area contributed by atoms with E-state index in [0.717, 1.165) is 4.90 Å². The van der Waals surface area contributed by atoms with Crippen LogP contribution < -0.4 is 5.32 Å². The second-order valence-electron chi connectivity index (χ2n) is 7.61. The van der Waals surface area contributed by atoms with Gasteiger partial charge in [-0.25, -0.2) is 4.68 Å². The number of imide groups is 1. The standard InChI is InChI=1S/C20H26N4O5/c1-12(2)24-16(8-10-21-24)22-18(26)13(3)29-17(25)9-11-23-19(27)14-6-4-5-7-15(14)20(23)28/h4-5,8,10,12-15H,6-7,9,11H2,1-3H3,(H,22,26)/t13-,14-,15-/m0/s1. The molecule has 1 aliphatic carbocycles. The highest BCUT2D eigenvalue weighted by atomic mass is 16.5. The van der Waals surface area contributed by atoms with Crippen molar-refractivity contribution >= 4 is 29.5 Å². The van der Waals surface area contributed by atoms with E-state index < -0.39 is 18.0 Å². The molecule has 0 aromatic carbocycles. The molecule has 9 nitrogen and oxygen atoms in total. The lowest BCUT2D eigenvalue weighted by Gasteiger charge is -2.17. The summed E-state index contributed by atoms with van der Waals surface area (Å²) in [6, 6.07) is 1.72. The summed E-state index contributed by atoms with van der Waals surface area (Å²) in [5, 5.41) is 6.81. The Hall–Kier alpha value is -2.97. The van der Waals surface area contributed by atoms with Crippen LogP contribution in [0.3, 0.4) is 0 Å². The Bertz CT molecular complexity index is 818. The predicted molar refractivity (Wildman–Crippen MR) is 103 cm³/mol. The number of anilines is 1. The number of carbonyl (C=O) groups excluding carboxylic acids is 4. The minimum absolute atomic E-state index is 0.0298. The molecule has 3 atom stereocenters. The van der Waals surface area contributed by atoms with Gasteiger partial charge in [0.15, 0.2) is 6.10 Å². The zero-order valence-corrected chi connectivity index (χ0v) is 16.8. The third-order valence-electron chi connectivity index (χ3n) is 5.23. The van der Waals surface area contributed by atoms with Gasteiger partial charge in [0.2, 0.25) is 11.8 Å². The van der Waals surface area contributed by atoms with Gasteiger partial charge in [-0.2, -0.15) is 5.10 Å². The van der Waals surface area contributed by atoms with Crippen molar-refractivity contribution in [3.8, 4) is 0 Å². The van der Waals surface area contributed by atoms with Gasteiger partial charge in [-0.15, -0.1) is 0 Å². The Balaban J connectivity index is 1.49. The molecule has 1 fully saturated rings. The van der Waals surface area contributed by atoms with E-state index in [0.29, 0.717) is 18.7 Å². The first-order valence-electron chi connectivity index (χ1n) is 9.83. The van der Waals surface area contributed by atoms with Crippen molar-refractivity contribution in [1.29, 1.82) is 0 Å². The van der Waals surface area contributed by atoms with Crippen molar-refractivity contribution in [3.63, 3.8) is 0 Å². The third-order valence-corrected chi connectivity index (χ3v) is 5.23. The maximum atomic E-state index is 12.4. The molecule has 1 N–H and O–H groups in total. The van der Waals surface area contributed by atoms with Crippen LogP contribution in [0.1, 0.15) is 46.1 Å². The molecule has 29 heavy (non-hydrogen) atoms. The second-order valence-corrected chi connectivity index (χ2v) is 7.61. The number of fused-ring (bicyclic) bond motifs is 1. The smallest absolute Gasteiger partial charge is 0.308 e. The molecule has 2 aliphatic rings. The number of hydrogen-bond donors (Lipinski definition) is 1. The summed E-state index contributed by atoms with van der Waals surface area (Å²) in [4.78, 5) is 50.4. The van der Waals surface area contributed by atoms with Gasteiger partial charge in [0.05, 0.1) is 24.5 Å². The fourth-order valence-corrected chi connectivity index (χ4v) is 3.65. The minimum atomic E-state index is -1.02. The monoisotopic (exact) mass is 402 g/mol. The first-order valence-corrected chi connectivity index (χ1v) is 9.83. The number of aromatic nitrogens is 2. The molecule has 1 aliphatic heterocycles. The number of ether oxygens (including phenoxy) is 1. The van der Waals surface area contributed by atoms with Gasteiger partial charge >= 0.3 is 5.97 Å². The van der Waals surface area contributed by atoms with Crippen molar-refractivity contribution in [2.24, 2.45) is 11.8 Å². The molecule has 1 aromatic rings. The van der Waals surface area contributed by atoms with E-state index in [4.69, 9.17) is 4.74 Å². The quantitative estimate of drug-likeness (QED) is 0.422. The average molecular weight is 402 g/mol. The van der Waals surface area contributed by atoms with E-state index >= 15 is 0 Å². The molecule has 1 saturated heterocycles. The number of nitrogens with one attached hydrogen (secondary N) is 1. The summed E-state index contributed by atoms with van der Waals surface area (Å²) in [6.07, 6.45) is 5.34. The van der Waals surface area contributed by atoms with Crippen LogP contribution >= 0.6 is 0 Å². The molecule has 0 radical (unpaired) electrons. The first-order chi connectivity index (χ1) is 13.8. The molecule has 0 unspecified atom stereocenters. The van der Waals surface area contributed by atoms with E-state index in [2.05, 4.69) is 10.4 Å². The van der Waals surface area contributed by atoms with E-state index in [1.807, 2.05) is 26.0 Å². The van der Waals surface area contributed by atoms with Crippen LogP contribution in [0.5, 0.6) is 0 Å². The Labute approximate surface area is 169 Å². The Morgan fingerprint density at radius 1 is 1.17 bits per heavy atom. The van der Waals surface area contributed by atoms with Gasteiger partial charge in [-0.1, -0.05) is 12.2 Å². The Morgan fingerprint density at radius 3 is 2.38 bits per heavy atom. The first kappa shape index (κ1) is 20.8. The molecule has 156 valence electrons. The minimum Gasteiger partial charge on any atom is -0.452 e. The summed E-state index contributed by atoms with van der Waals surface area (Å²) in [6.45, 7) is 5.30. The Kier molecular flexibility index (Phi) is 6.14. The second kappa shape index (κ2) is 8.59. The number of esters is 1.